The summed E-state index contributed by atoms with van der Waals surface area (Å²) in [7, 11) is 0. The highest BCUT2D eigenvalue weighted by atomic mass is 15.3. The molecule has 0 atom stereocenters. The van der Waals surface area contributed by atoms with Crippen molar-refractivity contribution in [2.24, 2.45) is 0 Å². The molecule has 0 spiro atoms. The van der Waals surface area contributed by atoms with Gasteiger partial charge >= 0.3 is 0 Å². The van der Waals surface area contributed by atoms with E-state index < -0.39 is 0 Å². The van der Waals surface area contributed by atoms with E-state index in [2.05, 4.69) is 65.5 Å². The molecule has 3 rings (SSSR count). The van der Waals surface area contributed by atoms with E-state index >= 15 is 0 Å². The lowest BCUT2D eigenvalue weighted by atomic mass is 10.0. The van der Waals surface area contributed by atoms with Crippen LogP contribution in [0, 0.1) is 0 Å². The van der Waals surface area contributed by atoms with Gasteiger partial charge in [0.15, 0.2) is 0 Å². The largest absolute Gasteiger partial charge is 0.321 e. The third kappa shape index (κ3) is 2.31. The van der Waals surface area contributed by atoms with Gasteiger partial charge in [-0.1, -0.05) is 18.2 Å². The fourth-order valence-electron chi connectivity index (χ4n) is 2.78. The number of fused-ring (bicyclic) bond motifs is 1. The van der Waals surface area contributed by atoms with Crippen LogP contribution in [0.15, 0.2) is 30.3 Å². The number of nitrogens with zero attached hydrogens (tertiary/aromatic N) is 3. The summed E-state index contributed by atoms with van der Waals surface area (Å²) in [4.78, 5) is 2.34. The first-order valence-corrected chi connectivity index (χ1v) is 7.12. The minimum Gasteiger partial charge on any atom is -0.321 e. The molecular weight excluding hydrogens is 248 g/mol. The van der Waals surface area contributed by atoms with Crippen LogP contribution in [0.25, 0.3) is 0 Å². The van der Waals surface area contributed by atoms with E-state index in [1.165, 1.54) is 11.3 Å². The molecule has 0 bridgehead atoms. The molecule has 0 saturated heterocycles. The molecule has 1 N–H and O–H groups in total. The lowest BCUT2D eigenvalue weighted by molar-refractivity contribution is 0.552. The zero-order valence-electron chi connectivity index (χ0n) is 12.3. The molecule has 0 fully saturated rings. The van der Waals surface area contributed by atoms with Gasteiger partial charge in [-0.25, -0.2) is 5.32 Å². The molecule has 2 heterocycles. The Bertz CT molecular complexity index is 580. The van der Waals surface area contributed by atoms with E-state index in [4.69, 9.17) is 0 Å². The van der Waals surface area contributed by atoms with Crippen molar-refractivity contribution in [1.82, 2.24) is 15.5 Å². The van der Waals surface area contributed by atoms with Gasteiger partial charge < -0.3 is 4.90 Å². The van der Waals surface area contributed by atoms with E-state index in [1.807, 2.05) is 6.07 Å². The van der Waals surface area contributed by atoms with Crippen molar-refractivity contribution in [3.63, 3.8) is 0 Å². The quantitative estimate of drug-likeness (QED) is 0.911. The number of para-hydroxylation sites is 1. The summed E-state index contributed by atoms with van der Waals surface area (Å²) in [5, 5.41) is 12.1. The standard InChI is InChI=1S/C16H21N4/c1-16(2,3)20(12-7-5-4-6-8-12)15-13-9-10-17-11-14(13)18-19-15/h4-8H,9-11H2,1-3H3,(H,18,19). The first-order valence-electron chi connectivity index (χ1n) is 7.12. The first kappa shape index (κ1) is 13.2. The van der Waals surface area contributed by atoms with Gasteiger partial charge in [0.05, 0.1) is 12.2 Å². The number of aromatic amines is 1. The average molecular weight is 269 g/mol. The van der Waals surface area contributed by atoms with Gasteiger partial charge in [0, 0.05) is 23.3 Å². The smallest absolute Gasteiger partial charge is 0.132 e. The number of nitrogens with one attached hydrogen (secondary N) is 1. The van der Waals surface area contributed by atoms with Crippen molar-refractivity contribution in [3.05, 3.63) is 41.6 Å². The highest BCUT2D eigenvalue weighted by molar-refractivity contribution is 5.66. The molecule has 1 aliphatic heterocycles. The van der Waals surface area contributed by atoms with Gasteiger partial charge in [0.25, 0.3) is 0 Å². The minimum absolute atomic E-state index is 0.0176. The number of aromatic nitrogens is 2. The Balaban J connectivity index is 2.09. The van der Waals surface area contributed by atoms with Crippen LogP contribution < -0.4 is 10.2 Å². The molecule has 1 aromatic heterocycles. The van der Waals surface area contributed by atoms with Crippen LogP contribution in [0.1, 0.15) is 32.0 Å². The van der Waals surface area contributed by atoms with Crippen molar-refractivity contribution < 1.29 is 0 Å². The molecule has 4 nitrogen and oxygen atoms in total. The van der Waals surface area contributed by atoms with Crippen LogP contribution in [0.3, 0.4) is 0 Å². The number of hydrogen-bond donors (Lipinski definition) is 1. The maximum Gasteiger partial charge on any atom is 0.132 e. The second-order valence-electron chi connectivity index (χ2n) is 6.19. The Kier molecular flexibility index (Phi) is 3.26. The molecule has 105 valence electrons. The monoisotopic (exact) mass is 269 g/mol. The second kappa shape index (κ2) is 4.94. The van der Waals surface area contributed by atoms with Crippen molar-refractivity contribution in [2.45, 2.75) is 39.3 Å². The van der Waals surface area contributed by atoms with E-state index in [0.29, 0.717) is 0 Å². The summed E-state index contributed by atoms with van der Waals surface area (Å²) < 4.78 is 0. The third-order valence-electron chi connectivity index (χ3n) is 3.62. The SMILES string of the molecule is CC(C)(C)N(c1ccccc1)c1[nH]nc2c1CC[N]C2. The van der Waals surface area contributed by atoms with Crippen LogP contribution >= 0.6 is 0 Å². The molecule has 2 aromatic rings. The second-order valence-corrected chi connectivity index (χ2v) is 6.19. The van der Waals surface area contributed by atoms with Crippen molar-refractivity contribution in [1.29, 1.82) is 0 Å². The fraction of sp³-hybridized carbons (Fsp3) is 0.438. The van der Waals surface area contributed by atoms with Gasteiger partial charge in [0.1, 0.15) is 5.82 Å². The van der Waals surface area contributed by atoms with Gasteiger partial charge in [-0.05, 0) is 39.3 Å². The number of hydrogen-bond acceptors (Lipinski definition) is 2. The molecule has 1 aliphatic rings. The third-order valence-corrected chi connectivity index (χ3v) is 3.62. The summed E-state index contributed by atoms with van der Waals surface area (Å²) in [6.45, 7) is 8.30. The van der Waals surface area contributed by atoms with Crippen LogP contribution in [-0.4, -0.2) is 22.3 Å². The summed E-state index contributed by atoms with van der Waals surface area (Å²) in [5.41, 5.74) is 3.58. The predicted molar refractivity (Wildman–Crippen MR) is 81.3 cm³/mol. The Labute approximate surface area is 120 Å². The van der Waals surface area contributed by atoms with Gasteiger partial charge in [-0.3, -0.25) is 5.10 Å². The van der Waals surface area contributed by atoms with Crippen LogP contribution in [0.5, 0.6) is 0 Å². The van der Waals surface area contributed by atoms with Crippen LogP contribution in [0.2, 0.25) is 0 Å². The first-order chi connectivity index (χ1) is 9.57. The summed E-state index contributed by atoms with van der Waals surface area (Å²) in [6.07, 6.45) is 0.973. The van der Waals surface area contributed by atoms with Crippen molar-refractivity contribution >= 4 is 11.5 Å². The predicted octanol–water partition coefficient (Wildman–Crippen LogP) is 3.01. The van der Waals surface area contributed by atoms with E-state index in [9.17, 15) is 0 Å². The molecule has 0 amide bonds. The maximum atomic E-state index is 4.46. The summed E-state index contributed by atoms with van der Waals surface area (Å²) >= 11 is 0. The molecule has 1 aromatic carbocycles. The fourth-order valence-corrected chi connectivity index (χ4v) is 2.78. The lowest BCUT2D eigenvalue weighted by Gasteiger charge is -2.37. The van der Waals surface area contributed by atoms with Gasteiger partial charge in [-0.2, -0.15) is 5.10 Å². The van der Waals surface area contributed by atoms with Crippen LogP contribution in [0.4, 0.5) is 11.5 Å². The summed E-state index contributed by atoms with van der Waals surface area (Å²) in [5.74, 6) is 1.12. The molecule has 4 heteroatoms. The topological polar surface area (TPSA) is 46.0 Å². The molecule has 20 heavy (non-hydrogen) atoms. The van der Waals surface area contributed by atoms with Crippen LogP contribution in [-0.2, 0) is 13.0 Å². The number of rotatable bonds is 2. The zero-order valence-corrected chi connectivity index (χ0v) is 12.3. The highest BCUT2D eigenvalue weighted by Gasteiger charge is 2.29. The molecule has 0 saturated carbocycles. The molecule has 0 unspecified atom stereocenters. The highest BCUT2D eigenvalue weighted by Crippen LogP contribution is 2.35. The normalized spacial score (nSPS) is 14.9. The number of anilines is 2. The van der Waals surface area contributed by atoms with Crippen molar-refractivity contribution in [2.75, 3.05) is 11.4 Å². The van der Waals surface area contributed by atoms with Gasteiger partial charge in [0.2, 0.25) is 0 Å². The maximum absolute atomic E-state index is 4.46. The molecular formula is C16H21N4. The van der Waals surface area contributed by atoms with Crippen molar-refractivity contribution in [3.8, 4) is 0 Å². The van der Waals surface area contributed by atoms with E-state index in [0.717, 1.165) is 31.0 Å². The Morgan fingerprint density at radius 3 is 2.60 bits per heavy atom. The molecule has 1 radical (unpaired) electrons. The van der Waals surface area contributed by atoms with E-state index in [1.54, 1.807) is 0 Å². The Hall–Kier alpha value is -1.81. The Morgan fingerprint density at radius 1 is 1.15 bits per heavy atom. The zero-order chi connectivity index (χ0) is 14.2. The number of benzene rings is 1. The van der Waals surface area contributed by atoms with Gasteiger partial charge in [-0.15, -0.1) is 0 Å². The lowest BCUT2D eigenvalue weighted by Crippen LogP contribution is -2.38. The minimum atomic E-state index is -0.0176. The Morgan fingerprint density at radius 2 is 1.90 bits per heavy atom. The molecule has 0 aliphatic carbocycles. The van der Waals surface area contributed by atoms with E-state index in [-0.39, 0.29) is 5.54 Å². The average Bonchev–Trinajstić information content (AvgIpc) is 2.83. The number of H-pyrrole nitrogens is 1. The summed E-state index contributed by atoms with van der Waals surface area (Å²) in [6, 6.07) is 10.5.